The van der Waals surface area contributed by atoms with Crippen LogP contribution in [0.2, 0.25) is 0 Å². The quantitative estimate of drug-likeness (QED) is 0.246. The number of sulfonamides is 1. The number of halogens is 2. The molecule has 3 heterocycles. The summed E-state index contributed by atoms with van der Waals surface area (Å²) in [4.78, 5) is 22.7. The van der Waals surface area contributed by atoms with Crippen LogP contribution in [0.4, 0.5) is 26.2 Å². The van der Waals surface area contributed by atoms with Gasteiger partial charge >= 0.3 is 0 Å². The summed E-state index contributed by atoms with van der Waals surface area (Å²) in [6.45, 7) is 9.30. The number of methoxy groups -OCH3 is 1. The SMILES string of the molecule is CCCS(=O)(=O)Nc1ccc(F)c(-c2cc(OC)c3nc(-c4cnc(N(CC)CC)nc4)nc(N4CCOCC4)c3c2)c1F. The molecule has 5 rings (SSSR count). The van der Waals surface area contributed by atoms with Crippen LogP contribution in [0.25, 0.3) is 33.4 Å². The van der Waals surface area contributed by atoms with Gasteiger partial charge in [0.05, 0.1) is 42.9 Å². The van der Waals surface area contributed by atoms with E-state index in [0.29, 0.717) is 66.8 Å². The van der Waals surface area contributed by atoms with Crippen molar-refractivity contribution in [2.24, 2.45) is 0 Å². The Bertz CT molecular complexity index is 1750. The van der Waals surface area contributed by atoms with Crippen LogP contribution in [0.3, 0.4) is 0 Å². The highest BCUT2D eigenvalue weighted by Gasteiger charge is 2.25. The maximum Gasteiger partial charge on any atom is 0.232 e. The Morgan fingerprint density at radius 1 is 1.02 bits per heavy atom. The topological polar surface area (TPSA) is 123 Å². The summed E-state index contributed by atoms with van der Waals surface area (Å²) in [5.74, 6) is -0.358. The lowest BCUT2D eigenvalue weighted by Gasteiger charge is -2.29. The Morgan fingerprint density at radius 3 is 2.36 bits per heavy atom. The van der Waals surface area contributed by atoms with Crippen molar-refractivity contribution < 1.29 is 26.7 Å². The molecule has 1 N–H and O–H groups in total. The van der Waals surface area contributed by atoms with Gasteiger partial charge in [0, 0.05) is 44.0 Å². The van der Waals surface area contributed by atoms with Gasteiger partial charge in [-0.3, -0.25) is 4.72 Å². The Kier molecular flexibility index (Phi) is 9.39. The van der Waals surface area contributed by atoms with Crippen molar-refractivity contribution in [3.63, 3.8) is 0 Å². The first-order valence-electron chi connectivity index (χ1n) is 14.5. The average Bonchev–Trinajstić information content (AvgIpc) is 3.03. The number of anilines is 3. The Hall–Kier alpha value is -4.17. The number of aromatic nitrogens is 4. The van der Waals surface area contributed by atoms with Crippen LogP contribution < -0.4 is 19.3 Å². The number of rotatable bonds is 11. The number of hydrogen-bond donors (Lipinski definition) is 1. The molecular weight excluding hydrogens is 592 g/mol. The van der Waals surface area contributed by atoms with Crippen molar-refractivity contribution in [1.82, 2.24) is 19.9 Å². The molecule has 234 valence electrons. The predicted molar refractivity (Wildman–Crippen MR) is 167 cm³/mol. The summed E-state index contributed by atoms with van der Waals surface area (Å²) >= 11 is 0. The summed E-state index contributed by atoms with van der Waals surface area (Å²) in [5, 5.41) is 0.501. The molecule has 11 nitrogen and oxygen atoms in total. The first-order chi connectivity index (χ1) is 21.2. The van der Waals surface area contributed by atoms with Crippen molar-refractivity contribution in [1.29, 1.82) is 0 Å². The fraction of sp³-hybridized carbons (Fsp3) is 0.400. The second-order valence-corrected chi connectivity index (χ2v) is 12.0. The van der Waals surface area contributed by atoms with E-state index in [1.54, 1.807) is 25.4 Å². The van der Waals surface area contributed by atoms with E-state index in [-0.39, 0.29) is 22.8 Å². The van der Waals surface area contributed by atoms with E-state index in [0.717, 1.165) is 25.2 Å². The van der Waals surface area contributed by atoms with E-state index in [1.807, 2.05) is 23.6 Å². The van der Waals surface area contributed by atoms with Gasteiger partial charge in [-0.05, 0) is 50.1 Å². The lowest BCUT2D eigenvalue weighted by atomic mass is 10.0. The maximum absolute atomic E-state index is 15.8. The largest absolute Gasteiger partial charge is 0.494 e. The zero-order valence-corrected chi connectivity index (χ0v) is 25.9. The smallest absolute Gasteiger partial charge is 0.232 e. The number of morpholine rings is 1. The molecule has 0 atom stereocenters. The van der Waals surface area contributed by atoms with E-state index < -0.39 is 27.2 Å². The van der Waals surface area contributed by atoms with Crippen LogP contribution in [0.5, 0.6) is 5.75 Å². The van der Waals surface area contributed by atoms with Crippen molar-refractivity contribution in [2.45, 2.75) is 27.2 Å². The number of ether oxygens (including phenoxy) is 2. The standard InChI is InChI=1S/C30H35F2N7O4S/c1-5-14-44(40,41)37-23-9-8-22(31)25(26(23)32)19-15-21-27(24(16-19)42-4)35-28(36-29(21)39-10-12-43-13-11-39)20-17-33-30(34-18-20)38(6-2)7-3/h8-9,15-18,37H,5-7,10-14H2,1-4H3. The van der Waals surface area contributed by atoms with E-state index in [9.17, 15) is 8.42 Å². The Labute approximate surface area is 255 Å². The predicted octanol–water partition coefficient (Wildman–Crippen LogP) is 4.88. The molecule has 44 heavy (non-hydrogen) atoms. The van der Waals surface area contributed by atoms with Gasteiger partial charge in [0.25, 0.3) is 0 Å². The number of hydrogen-bond acceptors (Lipinski definition) is 10. The molecule has 0 unspecified atom stereocenters. The van der Waals surface area contributed by atoms with Crippen LogP contribution in [0.1, 0.15) is 27.2 Å². The molecule has 1 aliphatic heterocycles. The number of benzene rings is 2. The van der Waals surface area contributed by atoms with Gasteiger partial charge in [0.15, 0.2) is 11.6 Å². The van der Waals surface area contributed by atoms with Crippen molar-refractivity contribution >= 4 is 38.4 Å². The average molecular weight is 628 g/mol. The van der Waals surface area contributed by atoms with Gasteiger partial charge in [-0.15, -0.1) is 0 Å². The molecule has 4 aromatic rings. The molecule has 14 heteroatoms. The summed E-state index contributed by atoms with van der Waals surface area (Å²) in [6, 6.07) is 5.18. The minimum Gasteiger partial charge on any atom is -0.494 e. The molecule has 2 aromatic heterocycles. The zero-order valence-electron chi connectivity index (χ0n) is 25.1. The van der Waals surface area contributed by atoms with Gasteiger partial charge in [0.2, 0.25) is 16.0 Å². The monoisotopic (exact) mass is 627 g/mol. The molecule has 2 aromatic carbocycles. The fourth-order valence-electron chi connectivity index (χ4n) is 5.12. The molecule has 0 bridgehead atoms. The van der Waals surface area contributed by atoms with Gasteiger partial charge in [-0.2, -0.15) is 0 Å². The molecule has 0 radical (unpaired) electrons. The van der Waals surface area contributed by atoms with Gasteiger partial charge in [0.1, 0.15) is 22.9 Å². The summed E-state index contributed by atoms with van der Waals surface area (Å²) < 4.78 is 69.3. The van der Waals surface area contributed by atoms with Crippen molar-refractivity contribution in [3.05, 3.63) is 48.3 Å². The summed E-state index contributed by atoms with van der Waals surface area (Å²) in [5.41, 5.74) is 0.406. The van der Waals surface area contributed by atoms with E-state index in [1.165, 1.54) is 13.2 Å². The van der Waals surface area contributed by atoms with Crippen LogP contribution in [-0.2, 0) is 14.8 Å². The van der Waals surface area contributed by atoms with Crippen LogP contribution in [0, 0.1) is 11.6 Å². The van der Waals surface area contributed by atoms with Gasteiger partial charge < -0.3 is 19.3 Å². The summed E-state index contributed by atoms with van der Waals surface area (Å²) in [7, 11) is -2.38. The number of nitrogens with one attached hydrogen (secondary N) is 1. The molecule has 0 spiro atoms. The molecule has 0 amide bonds. The van der Waals surface area contributed by atoms with E-state index in [4.69, 9.17) is 19.4 Å². The van der Waals surface area contributed by atoms with Crippen LogP contribution in [0.15, 0.2) is 36.7 Å². The highest BCUT2D eigenvalue weighted by Crippen LogP contribution is 2.40. The Balaban J connectivity index is 1.69. The Morgan fingerprint density at radius 2 is 1.73 bits per heavy atom. The van der Waals surface area contributed by atoms with E-state index >= 15 is 8.78 Å². The minimum absolute atomic E-state index is 0.138. The highest BCUT2D eigenvalue weighted by molar-refractivity contribution is 7.92. The zero-order chi connectivity index (χ0) is 31.4. The van der Waals surface area contributed by atoms with Gasteiger partial charge in [-0.1, -0.05) is 6.92 Å². The third-order valence-corrected chi connectivity index (χ3v) is 8.81. The van der Waals surface area contributed by atoms with Crippen molar-refractivity contribution in [3.8, 4) is 28.3 Å². The second kappa shape index (κ2) is 13.2. The molecule has 1 fully saturated rings. The molecule has 0 saturated carbocycles. The third-order valence-electron chi connectivity index (χ3n) is 7.34. The second-order valence-electron chi connectivity index (χ2n) is 10.2. The van der Waals surface area contributed by atoms with Gasteiger partial charge in [-0.25, -0.2) is 37.1 Å². The van der Waals surface area contributed by atoms with Crippen LogP contribution >= 0.6 is 0 Å². The third kappa shape index (κ3) is 6.36. The first-order valence-corrected chi connectivity index (χ1v) is 16.1. The first kappa shape index (κ1) is 31.3. The normalized spacial score (nSPS) is 13.7. The molecule has 1 saturated heterocycles. The highest BCUT2D eigenvalue weighted by atomic mass is 32.2. The molecule has 1 aliphatic rings. The molecular formula is C30H35F2N7O4S. The fourth-order valence-corrected chi connectivity index (χ4v) is 6.25. The lowest BCUT2D eigenvalue weighted by Crippen LogP contribution is -2.37. The summed E-state index contributed by atoms with van der Waals surface area (Å²) in [6.07, 6.45) is 3.68. The van der Waals surface area contributed by atoms with E-state index in [2.05, 4.69) is 14.7 Å². The lowest BCUT2D eigenvalue weighted by molar-refractivity contribution is 0.122. The number of fused-ring (bicyclic) bond motifs is 1. The minimum atomic E-state index is -3.82. The van der Waals surface area contributed by atoms with Crippen molar-refractivity contribution in [2.75, 3.05) is 66.8 Å². The maximum atomic E-state index is 15.8. The van der Waals surface area contributed by atoms with Crippen LogP contribution in [-0.4, -0.2) is 80.6 Å². The number of nitrogens with zero attached hydrogens (tertiary/aromatic N) is 6. The molecule has 0 aliphatic carbocycles.